The maximum Gasteiger partial charge on any atom is 0.298 e. The molecule has 0 amide bonds. The molecule has 0 fully saturated rings. The molecular formula is C10H8ClN3O2. The smallest absolute Gasteiger partial charge is 0.258 e. The second kappa shape index (κ2) is 3.68. The van der Waals surface area contributed by atoms with Gasteiger partial charge in [0.2, 0.25) is 0 Å². The normalized spacial score (nSPS) is 10.7. The molecule has 0 unspecified atom stereocenters. The first kappa shape index (κ1) is 10.8. The number of nitrogens with zero attached hydrogens (tertiary/aromatic N) is 3. The van der Waals surface area contributed by atoms with Crippen LogP contribution in [0.2, 0.25) is 5.02 Å². The molecule has 16 heavy (non-hydrogen) atoms. The molecule has 6 heteroatoms. The van der Waals surface area contributed by atoms with Crippen LogP contribution in [0, 0.1) is 24.0 Å². The summed E-state index contributed by atoms with van der Waals surface area (Å²) in [5, 5.41) is 11.1. The number of non-ortho nitro benzene ring substituents is 1. The number of fused-ring (bicyclic) bond motifs is 1. The Morgan fingerprint density at radius 1 is 1.25 bits per heavy atom. The summed E-state index contributed by atoms with van der Waals surface area (Å²) < 4.78 is 0. The van der Waals surface area contributed by atoms with Gasteiger partial charge in [0.15, 0.2) is 5.52 Å². The highest BCUT2D eigenvalue weighted by Gasteiger charge is 2.16. The van der Waals surface area contributed by atoms with E-state index in [1.165, 1.54) is 6.07 Å². The van der Waals surface area contributed by atoms with Gasteiger partial charge in [0.05, 0.1) is 21.8 Å². The van der Waals surface area contributed by atoms with Gasteiger partial charge in [-0.3, -0.25) is 10.1 Å². The number of halogens is 1. The van der Waals surface area contributed by atoms with Gasteiger partial charge >= 0.3 is 0 Å². The average molecular weight is 238 g/mol. The highest BCUT2D eigenvalue weighted by Crippen LogP contribution is 2.27. The van der Waals surface area contributed by atoms with Gasteiger partial charge in [-0.2, -0.15) is 0 Å². The van der Waals surface area contributed by atoms with Crippen LogP contribution in [0.4, 0.5) is 5.69 Å². The highest BCUT2D eigenvalue weighted by atomic mass is 35.5. The van der Waals surface area contributed by atoms with Gasteiger partial charge in [-0.15, -0.1) is 0 Å². The molecule has 1 heterocycles. The van der Waals surface area contributed by atoms with Crippen molar-refractivity contribution >= 4 is 28.3 Å². The van der Waals surface area contributed by atoms with Crippen LogP contribution in [0.1, 0.15) is 11.4 Å². The second-order valence-corrected chi connectivity index (χ2v) is 3.88. The quantitative estimate of drug-likeness (QED) is 0.565. The van der Waals surface area contributed by atoms with Crippen molar-refractivity contribution in [2.45, 2.75) is 13.8 Å². The van der Waals surface area contributed by atoms with Crippen molar-refractivity contribution in [1.82, 2.24) is 9.97 Å². The lowest BCUT2D eigenvalue weighted by Crippen LogP contribution is -1.97. The molecule has 2 aromatic rings. The van der Waals surface area contributed by atoms with E-state index in [9.17, 15) is 10.1 Å². The molecule has 0 saturated heterocycles. The second-order valence-electron chi connectivity index (χ2n) is 3.44. The number of benzene rings is 1. The van der Waals surface area contributed by atoms with Crippen molar-refractivity contribution in [3.05, 3.63) is 38.7 Å². The van der Waals surface area contributed by atoms with Crippen LogP contribution in [0.25, 0.3) is 11.0 Å². The fourth-order valence-corrected chi connectivity index (χ4v) is 1.63. The molecule has 1 aromatic carbocycles. The summed E-state index contributed by atoms with van der Waals surface area (Å²) in [5.74, 6) is 0. The molecule has 1 aromatic heterocycles. The van der Waals surface area contributed by atoms with Gasteiger partial charge in [0.25, 0.3) is 5.69 Å². The van der Waals surface area contributed by atoms with Gasteiger partial charge in [0, 0.05) is 11.1 Å². The first-order chi connectivity index (χ1) is 7.49. The predicted molar refractivity (Wildman–Crippen MR) is 60.7 cm³/mol. The number of hydrogen-bond acceptors (Lipinski definition) is 4. The lowest BCUT2D eigenvalue weighted by Gasteiger charge is -2.03. The first-order valence-electron chi connectivity index (χ1n) is 4.58. The van der Waals surface area contributed by atoms with E-state index in [0.29, 0.717) is 11.2 Å². The van der Waals surface area contributed by atoms with E-state index in [1.807, 2.05) is 0 Å². The van der Waals surface area contributed by atoms with Crippen LogP contribution in [-0.4, -0.2) is 14.9 Å². The summed E-state index contributed by atoms with van der Waals surface area (Å²) in [6.07, 6.45) is 0. The number of hydrogen-bond donors (Lipinski definition) is 0. The lowest BCUT2D eigenvalue weighted by molar-refractivity contribution is -0.383. The van der Waals surface area contributed by atoms with E-state index in [4.69, 9.17) is 11.6 Å². The summed E-state index contributed by atoms with van der Waals surface area (Å²) >= 11 is 5.79. The molecule has 0 saturated carbocycles. The molecule has 0 aliphatic rings. The minimum absolute atomic E-state index is 0.113. The van der Waals surface area contributed by atoms with Gasteiger partial charge < -0.3 is 0 Å². The molecule has 0 radical (unpaired) electrons. The predicted octanol–water partition coefficient (Wildman–Crippen LogP) is 2.81. The molecular weight excluding hydrogens is 230 g/mol. The van der Waals surface area contributed by atoms with Crippen LogP contribution < -0.4 is 0 Å². The molecule has 0 N–H and O–H groups in total. The highest BCUT2D eigenvalue weighted by molar-refractivity contribution is 6.31. The van der Waals surface area contributed by atoms with E-state index in [-0.39, 0.29) is 16.2 Å². The van der Waals surface area contributed by atoms with E-state index >= 15 is 0 Å². The summed E-state index contributed by atoms with van der Waals surface area (Å²) in [4.78, 5) is 18.7. The molecule has 82 valence electrons. The van der Waals surface area contributed by atoms with Crippen LogP contribution >= 0.6 is 11.6 Å². The number of nitro groups is 1. The third-order valence-corrected chi connectivity index (χ3v) is 2.54. The number of aromatic nitrogens is 2. The Morgan fingerprint density at radius 3 is 2.50 bits per heavy atom. The third kappa shape index (κ3) is 1.69. The van der Waals surface area contributed by atoms with Crippen molar-refractivity contribution in [2.24, 2.45) is 0 Å². The Hall–Kier alpha value is -1.75. The minimum Gasteiger partial charge on any atom is -0.258 e. The topological polar surface area (TPSA) is 68.9 Å². The number of nitro benzene ring substituents is 1. The molecule has 2 rings (SSSR count). The molecule has 0 atom stereocenters. The lowest BCUT2D eigenvalue weighted by atomic mass is 10.2. The van der Waals surface area contributed by atoms with Crippen LogP contribution in [-0.2, 0) is 0 Å². The summed E-state index contributed by atoms with van der Waals surface area (Å²) in [6.45, 7) is 3.56. The average Bonchev–Trinajstić information content (AvgIpc) is 2.19. The Bertz CT molecular complexity index is 598. The molecule has 0 bridgehead atoms. The zero-order valence-corrected chi connectivity index (χ0v) is 9.45. The maximum atomic E-state index is 10.8. The summed E-state index contributed by atoms with van der Waals surface area (Å²) in [7, 11) is 0. The van der Waals surface area contributed by atoms with E-state index < -0.39 is 4.92 Å². The van der Waals surface area contributed by atoms with Gasteiger partial charge in [-0.1, -0.05) is 11.6 Å². The zero-order valence-electron chi connectivity index (χ0n) is 8.69. The SMILES string of the molecule is Cc1nc2cc(Cl)cc([N+](=O)[O-])c2nc1C. The van der Waals surface area contributed by atoms with Crippen molar-refractivity contribution in [1.29, 1.82) is 0 Å². The monoisotopic (exact) mass is 237 g/mol. The maximum absolute atomic E-state index is 10.8. The van der Waals surface area contributed by atoms with Crippen LogP contribution in [0.5, 0.6) is 0 Å². The Morgan fingerprint density at radius 2 is 1.88 bits per heavy atom. The van der Waals surface area contributed by atoms with E-state index in [2.05, 4.69) is 9.97 Å². The standard InChI is InChI=1S/C10H8ClN3O2/c1-5-6(2)13-10-8(12-5)3-7(11)4-9(10)14(15)16/h3-4H,1-2H3. The Kier molecular flexibility index (Phi) is 2.47. The Balaban J connectivity index is 2.90. The fraction of sp³-hybridized carbons (Fsp3) is 0.200. The van der Waals surface area contributed by atoms with Crippen molar-refractivity contribution in [2.75, 3.05) is 0 Å². The van der Waals surface area contributed by atoms with E-state index in [1.54, 1.807) is 19.9 Å². The zero-order chi connectivity index (χ0) is 11.9. The fourth-order valence-electron chi connectivity index (χ4n) is 1.42. The van der Waals surface area contributed by atoms with E-state index in [0.717, 1.165) is 5.69 Å². The largest absolute Gasteiger partial charge is 0.298 e. The summed E-state index contributed by atoms with van der Waals surface area (Å²) in [5.41, 5.74) is 2.03. The summed E-state index contributed by atoms with van der Waals surface area (Å²) in [6, 6.07) is 2.86. The van der Waals surface area contributed by atoms with Gasteiger partial charge in [-0.25, -0.2) is 9.97 Å². The molecule has 5 nitrogen and oxygen atoms in total. The van der Waals surface area contributed by atoms with Gasteiger partial charge in [0.1, 0.15) is 0 Å². The van der Waals surface area contributed by atoms with Gasteiger partial charge in [-0.05, 0) is 19.9 Å². The Labute approximate surface area is 96.2 Å². The van der Waals surface area contributed by atoms with Crippen LogP contribution in [0.15, 0.2) is 12.1 Å². The van der Waals surface area contributed by atoms with Crippen molar-refractivity contribution in [3.8, 4) is 0 Å². The molecule has 0 aliphatic heterocycles. The van der Waals surface area contributed by atoms with Crippen molar-refractivity contribution < 1.29 is 4.92 Å². The number of rotatable bonds is 1. The number of aryl methyl sites for hydroxylation is 2. The third-order valence-electron chi connectivity index (χ3n) is 2.32. The minimum atomic E-state index is -0.502. The van der Waals surface area contributed by atoms with Crippen LogP contribution in [0.3, 0.4) is 0 Å². The first-order valence-corrected chi connectivity index (χ1v) is 4.95. The van der Waals surface area contributed by atoms with Crippen molar-refractivity contribution in [3.63, 3.8) is 0 Å². The molecule has 0 spiro atoms. The molecule has 0 aliphatic carbocycles.